The fourth-order valence-corrected chi connectivity index (χ4v) is 3.09. The highest BCUT2D eigenvalue weighted by Crippen LogP contribution is 2.19. The summed E-state index contributed by atoms with van der Waals surface area (Å²) in [4.78, 5) is 22.8. The molecule has 5 nitrogen and oxygen atoms in total. The molecule has 1 aliphatic heterocycles. The first-order chi connectivity index (χ1) is 9.56. The van der Waals surface area contributed by atoms with Gasteiger partial charge in [-0.2, -0.15) is 11.8 Å². The van der Waals surface area contributed by atoms with Crippen LogP contribution in [0, 0.1) is 5.82 Å². The van der Waals surface area contributed by atoms with E-state index in [2.05, 4.69) is 10.6 Å². The Bertz CT molecular complexity index is 518. The number of carboxylic acid groups (broad SMARTS) is 1. The van der Waals surface area contributed by atoms with Crippen LogP contribution in [0.1, 0.15) is 23.2 Å². The number of hydrogen-bond acceptors (Lipinski definition) is 3. The molecule has 0 aliphatic carbocycles. The van der Waals surface area contributed by atoms with Gasteiger partial charge in [-0.25, -0.2) is 14.0 Å². The molecule has 2 amide bonds. The molecule has 1 aliphatic rings. The predicted molar refractivity (Wildman–Crippen MR) is 75.9 cm³/mol. The van der Waals surface area contributed by atoms with E-state index in [4.69, 9.17) is 5.11 Å². The molecule has 1 fully saturated rings. The summed E-state index contributed by atoms with van der Waals surface area (Å²) >= 11 is 1.85. The van der Waals surface area contributed by atoms with Gasteiger partial charge in [0, 0.05) is 6.04 Å². The van der Waals surface area contributed by atoms with Crippen molar-refractivity contribution in [2.75, 3.05) is 16.8 Å². The second kappa shape index (κ2) is 6.60. The summed E-state index contributed by atoms with van der Waals surface area (Å²) in [7, 11) is 0. The van der Waals surface area contributed by atoms with Gasteiger partial charge < -0.3 is 15.7 Å². The summed E-state index contributed by atoms with van der Waals surface area (Å²) in [5.41, 5.74) is -0.180. The molecule has 0 spiro atoms. The van der Waals surface area contributed by atoms with Gasteiger partial charge in [-0.15, -0.1) is 0 Å². The summed E-state index contributed by atoms with van der Waals surface area (Å²) in [6, 6.07) is 2.88. The summed E-state index contributed by atoms with van der Waals surface area (Å²) < 4.78 is 13.0. The predicted octanol–water partition coefficient (Wildman–Crippen LogP) is 2.54. The van der Waals surface area contributed by atoms with Gasteiger partial charge in [0.2, 0.25) is 0 Å². The molecule has 20 heavy (non-hydrogen) atoms. The Morgan fingerprint density at radius 1 is 1.30 bits per heavy atom. The van der Waals surface area contributed by atoms with E-state index in [0.29, 0.717) is 0 Å². The van der Waals surface area contributed by atoms with E-state index in [1.54, 1.807) is 0 Å². The lowest BCUT2D eigenvalue weighted by atomic mass is 10.1. The molecule has 1 aromatic rings. The molecule has 0 bridgehead atoms. The molecule has 1 aromatic carbocycles. The van der Waals surface area contributed by atoms with Crippen LogP contribution in [-0.4, -0.2) is 34.7 Å². The Morgan fingerprint density at radius 3 is 2.65 bits per heavy atom. The third-order valence-electron chi connectivity index (χ3n) is 3.02. The smallest absolute Gasteiger partial charge is 0.337 e. The van der Waals surface area contributed by atoms with Crippen molar-refractivity contribution in [1.29, 1.82) is 0 Å². The lowest BCUT2D eigenvalue weighted by molar-refractivity contribution is 0.0697. The number of hydrogen-bond donors (Lipinski definition) is 3. The Hall–Kier alpha value is -1.76. The summed E-state index contributed by atoms with van der Waals surface area (Å²) in [6.07, 6.45) is 1.79. The lowest BCUT2D eigenvalue weighted by Crippen LogP contribution is -2.40. The van der Waals surface area contributed by atoms with Crippen LogP contribution in [0.25, 0.3) is 0 Å². The Balaban J connectivity index is 2.01. The Kier molecular flexibility index (Phi) is 4.84. The fraction of sp³-hybridized carbons (Fsp3) is 0.385. The average molecular weight is 298 g/mol. The molecule has 3 N–H and O–H groups in total. The van der Waals surface area contributed by atoms with Crippen molar-refractivity contribution in [3.8, 4) is 0 Å². The van der Waals surface area contributed by atoms with Gasteiger partial charge in [-0.05, 0) is 42.5 Å². The van der Waals surface area contributed by atoms with E-state index >= 15 is 0 Å². The maximum Gasteiger partial charge on any atom is 0.337 e. The minimum atomic E-state index is -1.28. The highest BCUT2D eigenvalue weighted by molar-refractivity contribution is 7.99. The standard InChI is InChI=1S/C13H15FN2O3S/c14-8-1-2-11(10(7-8)12(17)18)16-13(19)15-9-3-5-20-6-4-9/h1-2,7,9H,3-6H2,(H,17,18)(H2,15,16,19). The van der Waals surface area contributed by atoms with Crippen molar-refractivity contribution in [3.63, 3.8) is 0 Å². The number of anilines is 1. The van der Waals surface area contributed by atoms with Crippen molar-refractivity contribution >= 4 is 29.4 Å². The molecule has 7 heteroatoms. The van der Waals surface area contributed by atoms with E-state index in [1.165, 1.54) is 6.07 Å². The Morgan fingerprint density at radius 2 is 2.00 bits per heavy atom. The Labute approximate surface area is 119 Å². The van der Waals surface area contributed by atoms with Crippen LogP contribution in [0.15, 0.2) is 18.2 Å². The zero-order chi connectivity index (χ0) is 14.5. The van der Waals surface area contributed by atoms with Crippen LogP contribution in [0.2, 0.25) is 0 Å². The maximum absolute atomic E-state index is 13.0. The molecular formula is C13H15FN2O3S. The van der Waals surface area contributed by atoms with Crippen molar-refractivity contribution < 1.29 is 19.1 Å². The van der Waals surface area contributed by atoms with Crippen LogP contribution >= 0.6 is 11.8 Å². The fourth-order valence-electron chi connectivity index (χ4n) is 1.99. The number of nitrogens with one attached hydrogen (secondary N) is 2. The average Bonchev–Trinajstić information content (AvgIpc) is 2.41. The van der Waals surface area contributed by atoms with E-state index in [1.807, 2.05) is 11.8 Å². The normalized spacial score (nSPS) is 15.7. The number of carbonyl (C=O) groups excluding carboxylic acids is 1. The number of thioether (sulfide) groups is 1. The van der Waals surface area contributed by atoms with E-state index in [9.17, 15) is 14.0 Å². The van der Waals surface area contributed by atoms with E-state index in [-0.39, 0.29) is 17.3 Å². The molecule has 108 valence electrons. The lowest BCUT2D eigenvalue weighted by Gasteiger charge is -2.22. The van der Waals surface area contributed by atoms with Crippen molar-refractivity contribution in [2.45, 2.75) is 18.9 Å². The number of amides is 2. The minimum Gasteiger partial charge on any atom is -0.478 e. The molecule has 0 saturated carbocycles. The summed E-state index contributed by atoms with van der Waals surface area (Å²) in [6.45, 7) is 0. The molecule has 0 radical (unpaired) electrons. The zero-order valence-electron chi connectivity index (χ0n) is 10.7. The topological polar surface area (TPSA) is 78.4 Å². The highest BCUT2D eigenvalue weighted by Gasteiger charge is 2.18. The first kappa shape index (κ1) is 14.6. The van der Waals surface area contributed by atoms with Gasteiger partial charge in [-0.3, -0.25) is 0 Å². The molecule has 0 atom stereocenters. The third-order valence-corrected chi connectivity index (χ3v) is 4.07. The number of carboxylic acids is 1. The molecule has 0 aromatic heterocycles. The summed E-state index contributed by atoms with van der Waals surface area (Å²) in [5.74, 6) is 0.0653. The van der Waals surface area contributed by atoms with Crippen LogP contribution < -0.4 is 10.6 Å². The first-order valence-electron chi connectivity index (χ1n) is 6.24. The maximum atomic E-state index is 13.0. The highest BCUT2D eigenvalue weighted by atomic mass is 32.2. The van der Waals surface area contributed by atoms with Crippen molar-refractivity contribution in [3.05, 3.63) is 29.6 Å². The van der Waals surface area contributed by atoms with Crippen LogP contribution in [0.4, 0.5) is 14.9 Å². The molecule has 0 unspecified atom stereocenters. The van der Waals surface area contributed by atoms with Gasteiger partial charge in [0.25, 0.3) is 0 Å². The molecule has 2 rings (SSSR count). The van der Waals surface area contributed by atoms with Crippen LogP contribution in [-0.2, 0) is 0 Å². The van der Waals surface area contributed by atoms with Crippen molar-refractivity contribution in [2.24, 2.45) is 0 Å². The van der Waals surface area contributed by atoms with Gasteiger partial charge in [0.1, 0.15) is 5.82 Å². The number of carbonyl (C=O) groups is 2. The summed E-state index contributed by atoms with van der Waals surface area (Å²) in [5, 5.41) is 14.2. The van der Waals surface area contributed by atoms with E-state index < -0.39 is 17.8 Å². The van der Waals surface area contributed by atoms with Crippen LogP contribution in [0.5, 0.6) is 0 Å². The number of aromatic carboxylic acids is 1. The number of urea groups is 1. The minimum absolute atomic E-state index is 0.0848. The quantitative estimate of drug-likeness (QED) is 0.801. The van der Waals surface area contributed by atoms with Crippen molar-refractivity contribution in [1.82, 2.24) is 5.32 Å². The number of halogens is 1. The first-order valence-corrected chi connectivity index (χ1v) is 7.40. The SMILES string of the molecule is O=C(Nc1ccc(F)cc1C(=O)O)NC1CCSCC1. The molecule has 1 saturated heterocycles. The largest absolute Gasteiger partial charge is 0.478 e. The van der Waals surface area contributed by atoms with Crippen LogP contribution in [0.3, 0.4) is 0 Å². The van der Waals surface area contributed by atoms with Gasteiger partial charge in [-0.1, -0.05) is 0 Å². The second-order valence-electron chi connectivity index (χ2n) is 4.48. The monoisotopic (exact) mass is 298 g/mol. The third kappa shape index (κ3) is 3.86. The van der Waals surface area contributed by atoms with Gasteiger partial charge in [0.05, 0.1) is 11.3 Å². The second-order valence-corrected chi connectivity index (χ2v) is 5.70. The molecule has 1 heterocycles. The van der Waals surface area contributed by atoms with Gasteiger partial charge in [0.15, 0.2) is 0 Å². The number of rotatable bonds is 3. The number of benzene rings is 1. The van der Waals surface area contributed by atoms with E-state index in [0.717, 1.165) is 36.5 Å². The zero-order valence-corrected chi connectivity index (χ0v) is 11.5. The molecular weight excluding hydrogens is 283 g/mol. The van der Waals surface area contributed by atoms with Gasteiger partial charge >= 0.3 is 12.0 Å².